The first kappa shape index (κ1) is 16.8. The molecule has 2 rings (SSSR count). The molecule has 1 saturated heterocycles. The predicted octanol–water partition coefficient (Wildman–Crippen LogP) is 2.75. The van der Waals surface area contributed by atoms with Crippen molar-refractivity contribution in [3.8, 4) is 0 Å². The summed E-state index contributed by atoms with van der Waals surface area (Å²) < 4.78 is 43.8. The van der Waals surface area contributed by atoms with Crippen LogP contribution in [0.2, 0.25) is 0 Å². The molecule has 1 aliphatic heterocycles. The third kappa shape index (κ3) is 4.45. The number of piperidine rings is 1. The Labute approximate surface area is 127 Å². The smallest absolute Gasteiger partial charge is 0.381 e. The van der Waals surface area contributed by atoms with Crippen LogP contribution in [-0.4, -0.2) is 43.7 Å². The van der Waals surface area contributed by atoms with Crippen molar-refractivity contribution < 1.29 is 22.7 Å². The number of anilines is 1. The molecule has 122 valence electrons. The molecule has 1 aliphatic rings. The fourth-order valence-corrected chi connectivity index (χ4v) is 2.54. The molecule has 0 saturated carbocycles. The van der Waals surface area contributed by atoms with Crippen molar-refractivity contribution >= 4 is 11.6 Å². The normalized spacial score (nSPS) is 17.5. The third-order valence-corrected chi connectivity index (χ3v) is 3.74. The van der Waals surface area contributed by atoms with Gasteiger partial charge in [0.2, 0.25) is 5.91 Å². The molecule has 0 atom stereocenters. The lowest BCUT2D eigenvalue weighted by Gasteiger charge is -2.30. The van der Waals surface area contributed by atoms with Gasteiger partial charge in [-0.25, -0.2) is 0 Å². The Morgan fingerprint density at radius 2 is 1.95 bits per heavy atom. The van der Waals surface area contributed by atoms with Gasteiger partial charge in [-0.2, -0.15) is 13.2 Å². The van der Waals surface area contributed by atoms with Crippen LogP contribution in [0.15, 0.2) is 24.3 Å². The minimum absolute atomic E-state index is 0.0859. The monoisotopic (exact) mass is 316 g/mol. The first-order chi connectivity index (χ1) is 10.4. The zero-order valence-corrected chi connectivity index (χ0v) is 12.3. The van der Waals surface area contributed by atoms with Crippen LogP contribution in [-0.2, 0) is 15.7 Å². The molecule has 1 fully saturated rings. The van der Waals surface area contributed by atoms with Gasteiger partial charge >= 0.3 is 6.18 Å². The number of hydrogen-bond donors (Lipinski definition) is 1. The van der Waals surface area contributed by atoms with Gasteiger partial charge in [0, 0.05) is 20.2 Å². The van der Waals surface area contributed by atoms with Gasteiger partial charge in [-0.1, -0.05) is 12.1 Å². The number of nitrogens with one attached hydrogen (secondary N) is 1. The Morgan fingerprint density at radius 3 is 2.55 bits per heavy atom. The molecule has 0 aliphatic carbocycles. The number of methoxy groups -OCH3 is 1. The number of amides is 1. The molecule has 7 heteroatoms. The van der Waals surface area contributed by atoms with Crippen LogP contribution in [0, 0.1) is 0 Å². The molecular formula is C15H19F3N2O2. The van der Waals surface area contributed by atoms with Crippen LogP contribution in [0.1, 0.15) is 18.4 Å². The summed E-state index contributed by atoms with van der Waals surface area (Å²) >= 11 is 0. The van der Waals surface area contributed by atoms with Crippen molar-refractivity contribution in [3.05, 3.63) is 29.8 Å². The summed E-state index contributed by atoms with van der Waals surface area (Å²) in [6.07, 6.45) is -2.64. The van der Waals surface area contributed by atoms with Crippen LogP contribution in [0.5, 0.6) is 0 Å². The maximum absolute atomic E-state index is 12.9. The second kappa shape index (κ2) is 7.11. The first-order valence-corrected chi connectivity index (χ1v) is 7.11. The Morgan fingerprint density at radius 1 is 1.32 bits per heavy atom. The van der Waals surface area contributed by atoms with Crippen molar-refractivity contribution in [3.63, 3.8) is 0 Å². The summed E-state index contributed by atoms with van der Waals surface area (Å²) in [4.78, 5) is 13.9. The van der Waals surface area contributed by atoms with Gasteiger partial charge in [0.1, 0.15) is 0 Å². The molecule has 0 aromatic heterocycles. The van der Waals surface area contributed by atoms with Crippen LogP contribution >= 0.6 is 0 Å². The van der Waals surface area contributed by atoms with Crippen LogP contribution < -0.4 is 5.32 Å². The number of carbonyl (C=O) groups excluding carboxylic acids is 1. The molecule has 1 heterocycles. The second-order valence-electron chi connectivity index (χ2n) is 5.30. The maximum Gasteiger partial charge on any atom is 0.418 e. The highest BCUT2D eigenvalue weighted by Crippen LogP contribution is 2.34. The number of carbonyl (C=O) groups is 1. The minimum atomic E-state index is -4.49. The number of likely N-dealkylation sites (tertiary alicyclic amines) is 1. The lowest BCUT2D eigenvalue weighted by Crippen LogP contribution is -2.41. The van der Waals surface area contributed by atoms with Crippen molar-refractivity contribution in [1.82, 2.24) is 4.90 Å². The standard InChI is InChI=1S/C15H19F3N2O2/c1-22-11-6-8-20(9-7-11)10-14(21)19-13-5-3-2-4-12(13)15(16,17)18/h2-5,11H,6-10H2,1H3,(H,19,21). The van der Waals surface area contributed by atoms with Gasteiger partial charge in [-0.05, 0) is 25.0 Å². The van der Waals surface area contributed by atoms with E-state index >= 15 is 0 Å². The quantitative estimate of drug-likeness (QED) is 0.929. The number of para-hydroxylation sites is 1. The van der Waals surface area contributed by atoms with Crippen molar-refractivity contribution in [2.24, 2.45) is 0 Å². The minimum Gasteiger partial charge on any atom is -0.381 e. The Balaban J connectivity index is 1.93. The first-order valence-electron chi connectivity index (χ1n) is 7.11. The summed E-state index contributed by atoms with van der Waals surface area (Å²) in [7, 11) is 1.65. The van der Waals surface area contributed by atoms with Gasteiger partial charge in [0.25, 0.3) is 0 Å². The highest BCUT2D eigenvalue weighted by Gasteiger charge is 2.33. The van der Waals surface area contributed by atoms with E-state index in [9.17, 15) is 18.0 Å². The van der Waals surface area contributed by atoms with Crippen LogP contribution in [0.25, 0.3) is 0 Å². The topological polar surface area (TPSA) is 41.6 Å². The Hall–Kier alpha value is -1.60. The second-order valence-corrected chi connectivity index (χ2v) is 5.30. The number of nitrogens with zero attached hydrogens (tertiary/aromatic N) is 1. The summed E-state index contributed by atoms with van der Waals surface area (Å²) in [6, 6.07) is 4.99. The van der Waals surface area contributed by atoms with Gasteiger partial charge in [-0.3, -0.25) is 9.69 Å². The van der Waals surface area contributed by atoms with Crippen LogP contribution in [0.4, 0.5) is 18.9 Å². The Bertz CT molecular complexity index is 512. The number of halogens is 3. The molecule has 1 aromatic rings. The fraction of sp³-hybridized carbons (Fsp3) is 0.533. The molecule has 4 nitrogen and oxygen atoms in total. The molecule has 0 unspecified atom stereocenters. The molecule has 22 heavy (non-hydrogen) atoms. The number of ether oxygens (including phenoxy) is 1. The van der Waals surface area contributed by atoms with Crippen LogP contribution in [0.3, 0.4) is 0 Å². The molecule has 1 aromatic carbocycles. The molecule has 0 bridgehead atoms. The Kier molecular flexibility index (Phi) is 5.42. The van der Waals surface area contributed by atoms with E-state index in [2.05, 4.69) is 5.32 Å². The van der Waals surface area contributed by atoms with Crippen molar-refractivity contribution in [2.45, 2.75) is 25.1 Å². The van der Waals surface area contributed by atoms with E-state index in [-0.39, 0.29) is 18.3 Å². The SMILES string of the molecule is COC1CCN(CC(=O)Nc2ccccc2C(F)(F)F)CC1. The van der Waals surface area contributed by atoms with E-state index in [1.165, 1.54) is 18.2 Å². The lowest BCUT2D eigenvalue weighted by atomic mass is 10.1. The highest BCUT2D eigenvalue weighted by atomic mass is 19.4. The zero-order chi connectivity index (χ0) is 16.2. The summed E-state index contributed by atoms with van der Waals surface area (Å²) in [5, 5.41) is 2.36. The number of benzene rings is 1. The lowest BCUT2D eigenvalue weighted by molar-refractivity contribution is -0.137. The van der Waals surface area contributed by atoms with Crippen molar-refractivity contribution in [2.75, 3.05) is 32.1 Å². The van der Waals surface area contributed by atoms with E-state index in [0.29, 0.717) is 13.1 Å². The summed E-state index contributed by atoms with van der Waals surface area (Å²) in [5.41, 5.74) is -1.03. The third-order valence-electron chi connectivity index (χ3n) is 3.74. The largest absolute Gasteiger partial charge is 0.418 e. The molecule has 1 amide bonds. The van der Waals surface area contributed by atoms with E-state index in [1.54, 1.807) is 7.11 Å². The van der Waals surface area contributed by atoms with E-state index < -0.39 is 17.6 Å². The van der Waals surface area contributed by atoms with Gasteiger partial charge in [0.05, 0.1) is 23.9 Å². The molecule has 1 N–H and O–H groups in total. The van der Waals surface area contributed by atoms with E-state index in [4.69, 9.17) is 4.74 Å². The highest BCUT2D eigenvalue weighted by molar-refractivity contribution is 5.93. The average molecular weight is 316 g/mol. The number of rotatable bonds is 4. The average Bonchev–Trinajstić information content (AvgIpc) is 2.47. The molecular weight excluding hydrogens is 297 g/mol. The molecule has 0 radical (unpaired) electrons. The summed E-state index contributed by atoms with van der Waals surface area (Å²) in [6.45, 7) is 1.49. The van der Waals surface area contributed by atoms with E-state index in [1.807, 2.05) is 4.90 Å². The maximum atomic E-state index is 12.9. The van der Waals surface area contributed by atoms with E-state index in [0.717, 1.165) is 18.9 Å². The predicted molar refractivity (Wildman–Crippen MR) is 76.5 cm³/mol. The summed E-state index contributed by atoms with van der Waals surface area (Å²) in [5.74, 6) is -0.437. The zero-order valence-electron chi connectivity index (χ0n) is 12.3. The van der Waals surface area contributed by atoms with Gasteiger partial charge in [-0.15, -0.1) is 0 Å². The van der Waals surface area contributed by atoms with Gasteiger partial charge in [0.15, 0.2) is 0 Å². The number of hydrogen-bond acceptors (Lipinski definition) is 3. The number of alkyl halides is 3. The fourth-order valence-electron chi connectivity index (χ4n) is 2.54. The van der Waals surface area contributed by atoms with Crippen molar-refractivity contribution in [1.29, 1.82) is 0 Å². The molecule has 0 spiro atoms. The van der Waals surface area contributed by atoms with Gasteiger partial charge < -0.3 is 10.1 Å².